The Kier molecular flexibility index (Phi) is 7.36. The molecule has 3 heteroatoms. The topological polar surface area (TPSA) is 35.8 Å². The molecule has 104 valence electrons. The average Bonchev–Trinajstić information content (AvgIpc) is 2.40. The molecule has 1 rings (SSSR count). The molecule has 2 nitrogen and oxygen atoms in total. The van der Waals surface area contributed by atoms with Gasteiger partial charge in [0.2, 0.25) is 0 Å². The molecule has 0 aliphatic heterocycles. The number of hydrogen-bond donors (Lipinski definition) is 1. The molecule has 1 N–H and O–H groups in total. The number of nitrogens with zero attached hydrogens (tertiary/aromatic N) is 1. The van der Waals surface area contributed by atoms with Crippen LogP contribution in [0.4, 0.5) is 5.69 Å². The maximum Gasteiger partial charge on any atom is 0.101 e. The molecule has 1 aromatic rings. The molecule has 1 aromatic carbocycles. The third kappa shape index (κ3) is 5.98. The number of unbranched alkanes of at least 4 members (excludes halogenated alkanes) is 4. The highest BCUT2D eigenvalue weighted by Gasteiger charge is 2.05. The van der Waals surface area contributed by atoms with E-state index >= 15 is 0 Å². The van der Waals surface area contributed by atoms with Crippen LogP contribution in [0.15, 0.2) is 18.2 Å². The molecule has 0 bridgehead atoms. The number of nitrogens with one attached hydrogen (secondary N) is 1. The highest BCUT2D eigenvalue weighted by molar-refractivity contribution is 6.31. The molecule has 1 unspecified atom stereocenters. The van der Waals surface area contributed by atoms with E-state index in [0.717, 1.165) is 12.1 Å². The van der Waals surface area contributed by atoms with Gasteiger partial charge in [-0.1, -0.05) is 50.6 Å². The fourth-order valence-corrected chi connectivity index (χ4v) is 2.27. The van der Waals surface area contributed by atoms with Crippen LogP contribution in [-0.4, -0.2) is 6.04 Å². The zero-order chi connectivity index (χ0) is 14.1. The van der Waals surface area contributed by atoms with Gasteiger partial charge >= 0.3 is 0 Å². The largest absolute Gasteiger partial charge is 0.383 e. The van der Waals surface area contributed by atoms with Gasteiger partial charge in [-0.2, -0.15) is 5.26 Å². The van der Waals surface area contributed by atoms with Gasteiger partial charge in [0.05, 0.1) is 10.6 Å². The van der Waals surface area contributed by atoms with Crippen molar-refractivity contribution in [2.75, 3.05) is 5.32 Å². The Morgan fingerprint density at radius 1 is 1.26 bits per heavy atom. The smallest absolute Gasteiger partial charge is 0.101 e. The zero-order valence-corrected chi connectivity index (χ0v) is 12.6. The van der Waals surface area contributed by atoms with Crippen molar-refractivity contribution in [2.45, 2.75) is 58.4 Å². The van der Waals surface area contributed by atoms with Crippen molar-refractivity contribution in [3.05, 3.63) is 28.8 Å². The summed E-state index contributed by atoms with van der Waals surface area (Å²) in [5.74, 6) is 0. The van der Waals surface area contributed by atoms with Crippen molar-refractivity contribution in [2.24, 2.45) is 0 Å². The van der Waals surface area contributed by atoms with Crippen LogP contribution in [0.25, 0.3) is 0 Å². The minimum absolute atomic E-state index is 0.425. The Bertz CT molecular complexity index is 423. The summed E-state index contributed by atoms with van der Waals surface area (Å²) < 4.78 is 0. The van der Waals surface area contributed by atoms with Crippen LogP contribution in [0.2, 0.25) is 5.02 Å². The zero-order valence-electron chi connectivity index (χ0n) is 11.9. The molecule has 0 amide bonds. The van der Waals surface area contributed by atoms with Gasteiger partial charge in [0.1, 0.15) is 6.07 Å². The lowest BCUT2D eigenvalue weighted by atomic mass is 10.1. The Hall–Kier alpha value is -1.20. The van der Waals surface area contributed by atoms with Crippen molar-refractivity contribution in [1.82, 2.24) is 0 Å². The molecular weight excluding hydrogens is 256 g/mol. The van der Waals surface area contributed by atoms with E-state index in [1.807, 2.05) is 12.1 Å². The average molecular weight is 279 g/mol. The second kappa shape index (κ2) is 8.82. The fraction of sp³-hybridized carbons (Fsp3) is 0.562. The van der Waals surface area contributed by atoms with E-state index in [0.29, 0.717) is 16.6 Å². The Morgan fingerprint density at radius 3 is 2.68 bits per heavy atom. The minimum atomic E-state index is 0.425. The molecule has 1 atom stereocenters. The summed E-state index contributed by atoms with van der Waals surface area (Å²) in [4.78, 5) is 0. The lowest BCUT2D eigenvalue weighted by Gasteiger charge is -2.15. The summed E-state index contributed by atoms with van der Waals surface area (Å²) in [6.45, 7) is 4.41. The predicted octanol–water partition coefficient (Wildman–Crippen LogP) is 5.37. The first kappa shape index (κ1) is 15.9. The molecule has 0 aliphatic carbocycles. The molecule has 0 aromatic heterocycles. The van der Waals surface area contributed by atoms with Gasteiger partial charge in [-0.05, 0) is 31.5 Å². The molecule has 0 heterocycles. The first-order chi connectivity index (χ1) is 9.17. The molecule has 0 aliphatic rings. The maximum absolute atomic E-state index is 8.94. The van der Waals surface area contributed by atoms with Crippen molar-refractivity contribution in [1.29, 1.82) is 5.26 Å². The summed E-state index contributed by atoms with van der Waals surface area (Å²) >= 11 is 5.91. The van der Waals surface area contributed by atoms with Crippen molar-refractivity contribution in [3.63, 3.8) is 0 Å². The molecule has 0 saturated carbocycles. The van der Waals surface area contributed by atoms with Crippen LogP contribution < -0.4 is 5.32 Å². The number of nitriles is 1. The summed E-state index contributed by atoms with van der Waals surface area (Å²) in [7, 11) is 0. The predicted molar refractivity (Wildman–Crippen MR) is 82.6 cm³/mol. The van der Waals surface area contributed by atoms with E-state index in [-0.39, 0.29) is 0 Å². The Morgan fingerprint density at radius 2 is 2.00 bits per heavy atom. The Balaban J connectivity index is 2.36. The number of anilines is 1. The van der Waals surface area contributed by atoms with Crippen molar-refractivity contribution < 1.29 is 0 Å². The first-order valence-electron chi connectivity index (χ1n) is 7.13. The van der Waals surface area contributed by atoms with E-state index in [9.17, 15) is 0 Å². The summed E-state index contributed by atoms with van der Waals surface area (Å²) in [6, 6.07) is 8.05. The number of hydrogen-bond acceptors (Lipinski definition) is 2. The lowest BCUT2D eigenvalue weighted by molar-refractivity contribution is 0.578. The van der Waals surface area contributed by atoms with Gasteiger partial charge in [0.25, 0.3) is 0 Å². The fourth-order valence-electron chi connectivity index (χ4n) is 2.11. The van der Waals surface area contributed by atoms with Crippen LogP contribution >= 0.6 is 11.6 Å². The van der Waals surface area contributed by atoms with Gasteiger partial charge in [0.15, 0.2) is 0 Å². The Labute approximate surface area is 121 Å². The highest BCUT2D eigenvalue weighted by atomic mass is 35.5. The normalized spacial score (nSPS) is 11.9. The van der Waals surface area contributed by atoms with Gasteiger partial charge in [-0.15, -0.1) is 0 Å². The van der Waals surface area contributed by atoms with Crippen LogP contribution in [0.1, 0.15) is 57.9 Å². The lowest BCUT2D eigenvalue weighted by Crippen LogP contribution is -2.14. The van der Waals surface area contributed by atoms with Gasteiger partial charge in [-0.25, -0.2) is 0 Å². The molecule has 19 heavy (non-hydrogen) atoms. The molecule has 0 saturated heterocycles. The van der Waals surface area contributed by atoms with Crippen molar-refractivity contribution in [3.8, 4) is 6.07 Å². The standard InChI is InChI=1S/C16H23ClN2/c1-3-4-5-6-7-8-13(2)19-15-9-10-16(17)14(11-15)12-18/h9-11,13,19H,3-8H2,1-2H3. The van der Waals surface area contributed by atoms with E-state index in [1.54, 1.807) is 6.07 Å². The monoisotopic (exact) mass is 278 g/mol. The van der Waals surface area contributed by atoms with Gasteiger partial charge < -0.3 is 5.32 Å². The highest BCUT2D eigenvalue weighted by Crippen LogP contribution is 2.21. The van der Waals surface area contributed by atoms with E-state index in [4.69, 9.17) is 16.9 Å². The first-order valence-corrected chi connectivity index (χ1v) is 7.51. The van der Waals surface area contributed by atoms with Gasteiger partial charge in [0, 0.05) is 11.7 Å². The summed E-state index contributed by atoms with van der Waals surface area (Å²) in [5.41, 5.74) is 1.50. The number of benzene rings is 1. The molecule has 0 spiro atoms. The van der Waals surface area contributed by atoms with Crippen LogP contribution in [0, 0.1) is 11.3 Å². The van der Waals surface area contributed by atoms with Gasteiger partial charge in [-0.3, -0.25) is 0 Å². The maximum atomic E-state index is 8.94. The van der Waals surface area contributed by atoms with E-state index in [1.165, 1.54) is 32.1 Å². The van der Waals surface area contributed by atoms with Crippen LogP contribution in [0.5, 0.6) is 0 Å². The molecule has 0 radical (unpaired) electrons. The minimum Gasteiger partial charge on any atom is -0.383 e. The molecule has 0 fully saturated rings. The second-order valence-electron chi connectivity index (χ2n) is 5.05. The number of rotatable bonds is 8. The summed E-state index contributed by atoms with van der Waals surface area (Å²) in [6.07, 6.45) is 7.69. The summed E-state index contributed by atoms with van der Waals surface area (Å²) in [5, 5.41) is 12.9. The second-order valence-corrected chi connectivity index (χ2v) is 5.46. The molecular formula is C16H23ClN2. The third-order valence-corrected chi connectivity index (χ3v) is 3.57. The van der Waals surface area contributed by atoms with Crippen LogP contribution in [-0.2, 0) is 0 Å². The van der Waals surface area contributed by atoms with Crippen molar-refractivity contribution >= 4 is 17.3 Å². The quantitative estimate of drug-likeness (QED) is 0.649. The van der Waals surface area contributed by atoms with E-state index in [2.05, 4.69) is 25.2 Å². The third-order valence-electron chi connectivity index (χ3n) is 3.24. The number of halogens is 1. The van der Waals surface area contributed by atoms with E-state index < -0.39 is 0 Å². The van der Waals surface area contributed by atoms with Crippen LogP contribution in [0.3, 0.4) is 0 Å². The SMILES string of the molecule is CCCCCCCC(C)Nc1ccc(Cl)c(C#N)c1.